The van der Waals surface area contributed by atoms with Gasteiger partial charge in [0.05, 0.1) is 6.54 Å². The fraction of sp³-hybridized carbons (Fsp3) is 0.286. The van der Waals surface area contributed by atoms with Gasteiger partial charge in [0.15, 0.2) is 11.8 Å². The van der Waals surface area contributed by atoms with Gasteiger partial charge in [0.25, 0.3) is 0 Å². The van der Waals surface area contributed by atoms with Gasteiger partial charge in [-0.3, -0.25) is 9.56 Å². The molecule has 4 rings (SSSR count). The van der Waals surface area contributed by atoms with Crippen LogP contribution < -0.4 is 10.2 Å². The van der Waals surface area contributed by atoms with Crippen LogP contribution in [0, 0.1) is 0 Å². The lowest BCUT2D eigenvalue weighted by Crippen LogP contribution is -2.52. The van der Waals surface area contributed by atoms with E-state index >= 15 is 0 Å². The van der Waals surface area contributed by atoms with Crippen LogP contribution in [-0.4, -0.2) is 58.9 Å². The third-order valence-electron chi connectivity index (χ3n) is 4.97. The average molecular weight is 375 g/mol. The summed E-state index contributed by atoms with van der Waals surface area (Å²) in [6.45, 7) is 4.39. The number of guanidine groups is 1. The second kappa shape index (κ2) is 8.56. The van der Waals surface area contributed by atoms with Crippen molar-refractivity contribution in [3.05, 3.63) is 72.8 Å². The van der Waals surface area contributed by atoms with Crippen molar-refractivity contribution >= 4 is 11.6 Å². The molecule has 2 heterocycles. The van der Waals surface area contributed by atoms with Gasteiger partial charge in [0, 0.05) is 44.6 Å². The van der Waals surface area contributed by atoms with Gasteiger partial charge in [-0.25, -0.2) is 0 Å². The van der Waals surface area contributed by atoms with Crippen LogP contribution in [0.1, 0.15) is 5.82 Å². The zero-order chi connectivity index (χ0) is 19.2. The number of nitrogens with zero attached hydrogens (tertiary/aromatic N) is 6. The van der Waals surface area contributed by atoms with Gasteiger partial charge in [0.2, 0.25) is 0 Å². The molecule has 7 nitrogen and oxygen atoms in total. The molecule has 0 atom stereocenters. The largest absolute Gasteiger partial charge is 0.368 e. The zero-order valence-corrected chi connectivity index (χ0v) is 16.1. The highest BCUT2D eigenvalue weighted by atomic mass is 15.4. The van der Waals surface area contributed by atoms with Crippen molar-refractivity contribution in [2.75, 3.05) is 38.1 Å². The lowest BCUT2D eigenvalue weighted by Gasteiger charge is -2.37. The Hall–Kier alpha value is -3.35. The molecular formula is C21H25N7. The van der Waals surface area contributed by atoms with Crippen LogP contribution in [0.4, 0.5) is 5.69 Å². The minimum absolute atomic E-state index is 0.570. The molecule has 1 N–H and O–H groups in total. The summed E-state index contributed by atoms with van der Waals surface area (Å²) in [5.41, 5.74) is 2.33. The summed E-state index contributed by atoms with van der Waals surface area (Å²) in [6, 6.07) is 20.7. The lowest BCUT2D eigenvalue weighted by molar-refractivity contribution is 0.372. The summed E-state index contributed by atoms with van der Waals surface area (Å²) in [5.74, 6) is 1.76. The van der Waals surface area contributed by atoms with Gasteiger partial charge in [-0.15, -0.1) is 10.2 Å². The molecule has 0 amide bonds. The molecule has 3 aromatic rings. The highest BCUT2D eigenvalue weighted by Gasteiger charge is 2.20. The first-order valence-corrected chi connectivity index (χ1v) is 9.55. The normalized spacial score (nSPS) is 15.0. The summed E-state index contributed by atoms with van der Waals surface area (Å²) in [6.07, 6.45) is 1.74. The molecule has 1 aliphatic heterocycles. The van der Waals surface area contributed by atoms with Crippen LogP contribution in [0.3, 0.4) is 0 Å². The van der Waals surface area contributed by atoms with Gasteiger partial charge in [-0.1, -0.05) is 36.4 Å². The van der Waals surface area contributed by atoms with Gasteiger partial charge in [-0.2, -0.15) is 0 Å². The van der Waals surface area contributed by atoms with Crippen molar-refractivity contribution in [1.82, 2.24) is 25.0 Å². The Balaban J connectivity index is 1.36. The van der Waals surface area contributed by atoms with Gasteiger partial charge in [0.1, 0.15) is 6.33 Å². The fourth-order valence-electron chi connectivity index (χ4n) is 3.49. The van der Waals surface area contributed by atoms with Crippen LogP contribution >= 0.6 is 0 Å². The predicted octanol–water partition coefficient (Wildman–Crippen LogP) is 2.16. The molecule has 28 heavy (non-hydrogen) atoms. The molecule has 0 radical (unpaired) electrons. The van der Waals surface area contributed by atoms with E-state index in [9.17, 15) is 0 Å². The van der Waals surface area contributed by atoms with E-state index in [0.717, 1.165) is 43.7 Å². The number of hydrogen-bond acceptors (Lipinski definition) is 4. The molecule has 1 aromatic heterocycles. The van der Waals surface area contributed by atoms with Crippen LogP contribution in [0.25, 0.3) is 5.69 Å². The lowest BCUT2D eigenvalue weighted by atomic mass is 10.2. The maximum Gasteiger partial charge on any atom is 0.194 e. The highest BCUT2D eigenvalue weighted by Crippen LogP contribution is 2.15. The Bertz CT molecular complexity index is 897. The van der Waals surface area contributed by atoms with Crippen LogP contribution in [-0.2, 0) is 6.54 Å². The Morgan fingerprint density at radius 2 is 1.57 bits per heavy atom. The molecule has 144 valence electrons. The number of anilines is 1. The minimum Gasteiger partial charge on any atom is -0.368 e. The van der Waals surface area contributed by atoms with E-state index in [1.807, 2.05) is 41.9 Å². The SMILES string of the molecule is CN=C(NCc1nncn1-c1ccccc1)N1CCN(c2ccccc2)CC1. The molecule has 1 saturated heterocycles. The van der Waals surface area contributed by atoms with E-state index in [0.29, 0.717) is 6.54 Å². The Morgan fingerprint density at radius 3 is 2.21 bits per heavy atom. The number of rotatable bonds is 4. The molecule has 0 aliphatic carbocycles. The Kier molecular flexibility index (Phi) is 5.51. The number of nitrogens with one attached hydrogen (secondary N) is 1. The standard InChI is InChI=1S/C21H25N7/c1-22-21(27-14-12-26(13-15-27)18-8-4-2-5-9-18)23-16-20-25-24-17-28(20)19-10-6-3-7-11-19/h2-11,17H,12-16H2,1H3,(H,22,23). The van der Waals surface area contributed by atoms with Crippen LogP contribution in [0.2, 0.25) is 0 Å². The van der Waals surface area contributed by atoms with E-state index in [1.54, 1.807) is 6.33 Å². The van der Waals surface area contributed by atoms with Gasteiger partial charge < -0.3 is 15.1 Å². The van der Waals surface area contributed by atoms with Crippen molar-refractivity contribution in [2.45, 2.75) is 6.54 Å². The smallest absolute Gasteiger partial charge is 0.194 e. The maximum atomic E-state index is 4.47. The monoisotopic (exact) mass is 375 g/mol. The molecule has 0 spiro atoms. The molecule has 0 saturated carbocycles. The average Bonchev–Trinajstić information content (AvgIpc) is 3.24. The van der Waals surface area contributed by atoms with Crippen molar-refractivity contribution in [1.29, 1.82) is 0 Å². The highest BCUT2D eigenvalue weighted by molar-refractivity contribution is 5.80. The summed E-state index contributed by atoms with van der Waals surface area (Å²) in [7, 11) is 1.83. The summed E-state index contributed by atoms with van der Waals surface area (Å²) in [5, 5.41) is 11.8. The predicted molar refractivity (Wildman–Crippen MR) is 112 cm³/mol. The number of aliphatic imine (C=N–C) groups is 1. The molecular weight excluding hydrogens is 350 g/mol. The number of hydrogen-bond donors (Lipinski definition) is 1. The number of aromatic nitrogens is 3. The topological polar surface area (TPSA) is 61.6 Å². The van der Waals surface area contributed by atoms with E-state index < -0.39 is 0 Å². The maximum absolute atomic E-state index is 4.47. The number of para-hydroxylation sites is 2. The van der Waals surface area contributed by atoms with Crippen molar-refractivity contribution in [3.63, 3.8) is 0 Å². The molecule has 1 aliphatic rings. The third kappa shape index (κ3) is 3.98. The first-order chi connectivity index (χ1) is 13.8. The molecule has 2 aromatic carbocycles. The van der Waals surface area contributed by atoms with Gasteiger partial charge in [-0.05, 0) is 24.3 Å². The number of benzene rings is 2. The fourth-order valence-corrected chi connectivity index (χ4v) is 3.49. The second-order valence-electron chi connectivity index (χ2n) is 6.66. The Morgan fingerprint density at radius 1 is 0.929 bits per heavy atom. The summed E-state index contributed by atoms with van der Waals surface area (Å²) >= 11 is 0. The third-order valence-corrected chi connectivity index (χ3v) is 4.97. The van der Waals surface area contributed by atoms with Crippen LogP contribution in [0.5, 0.6) is 0 Å². The van der Waals surface area contributed by atoms with E-state index in [4.69, 9.17) is 0 Å². The molecule has 0 bridgehead atoms. The van der Waals surface area contributed by atoms with Crippen molar-refractivity contribution in [2.24, 2.45) is 4.99 Å². The molecule has 7 heteroatoms. The minimum atomic E-state index is 0.570. The molecule has 1 fully saturated rings. The van der Waals surface area contributed by atoms with E-state index in [2.05, 4.69) is 60.6 Å². The first-order valence-electron chi connectivity index (χ1n) is 9.55. The molecule has 0 unspecified atom stereocenters. The van der Waals surface area contributed by atoms with Gasteiger partial charge >= 0.3 is 0 Å². The van der Waals surface area contributed by atoms with E-state index in [-0.39, 0.29) is 0 Å². The van der Waals surface area contributed by atoms with Crippen LogP contribution in [0.15, 0.2) is 72.0 Å². The quantitative estimate of drug-likeness (QED) is 0.559. The van der Waals surface area contributed by atoms with Crippen molar-refractivity contribution < 1.29 is 0 Å². The number of piperazine rings is 1. The second-order valence-corrected chi connectivity index (χ2v) is 6.66. The van der Waals surface area contributed by atoms with E-state index in [1.165, 1.54) is 5.69 Å². The Labute approximate surface area is 165 Å². The van der Waals surface area contributed by atoms with Crippen molar-refractivity contribution in [3.8, 4) is 5.69 Å². The zero-order valence-electron chi connectivity index (χ0n) is 16.1. The first kappa shape index (κ1) is 18.0. The summed E-state index contributed by atoms with van der Waals surface area (Å²) in [4.78, 5) is 9.17. The summed E-state index contributed by atoms with van der Waals surface area (Å²) < 4.78 is 1.99.